The lowest BCUT2D eigenvalue weighted by Gasteiger charge is -2.27. The number of amides is 1. The molecule has 0 aliphatic heterocycles. The number of hydrogen-bond acceptors (Lipinski definition) is 8. The average molecular weight is 571 g/mol. The minimum absolute atomic E-state index is 0.0841. The van der Waals surface area contributed by atoms with Gasteiger partial charge < -0.3 is 25.8 Å². The van der Waals surface area contributed by atoms with Gasteiger partial charge in [-0.25, -0.2) is 5.84 Å². The average Bonchev–Trinajstić information content (AvgIpc) is 2.91. The molecular formula is C29H33F3N6O3. The van der Waals surface area contributed by atoms with Crippen molar-refractivity contribution in [3.05, 3.63) is 82.8 Å². The van der Waals surface area contributed by atoms with E-state index in [9.17, 15) is 18.0 Å². The van der Waals surface area contributed by atoms with E-state index >= 15 is 0 Å². The summed E-state index contributed by atoms with van der Waals surface area (Å²) in [5, 5.41) is 7.11. The highest BCUT2D eigenvalue weighted by atomic mass is 19.4. The number of nitrogens with two attached hydrogens (primary N) is 2. The number of aromatic nitrogens is 1. The highest BCUT2D eigenvalue weighted by Crippen LogP contribution is 2.38. The number of hydrogen-bond donors (Lipinski definition) is 4. The zero-order valence-electron chi connectivity index (χ0n) is 23.0. The van der Waals surface area contributed by atoms with Crippen LogP contribution in [0.25, 0.3) is 5.70 Å². The van der Waals surface area contributed by atoms with Gasteiger partial charge in [0.25, 0.3) is 5.91 Å². The van der Waals surface area contributed by atoms with Crippen LogP contribution in [0.5, 0.6) is 11.5 Å². The number of ether oxygens (including phenoxy) is 2. The maximum atomic E-state index is 13.8. The van der Waals surface area contributed by atoms with Crippen LogP contribution in [0.3, 0.4) is 0 Å². The fourth-order valence-corrected chi connectivity index (χ4v) is 4.39. The van der Waals surface area contributed by atoms with Crippen molar-refractivity contribution in [1.29, 1.82) is 0 Å². The molecule has 4 rings (SSSR count). The molecular weight excluding hydrogens is 537 g/mol. The van der Waals surface area contributed by atoms with Gasteiger partial charge in [-0.1, -0.05) is 12.5 Å². The van der Waals surface area contributed by atoms with Crippen LogP contribution < -0.4 is 36.7 Å². The van der Waals surface area contributed by atoms with E-state index in [1.807, 2.05) is 0 Å². The van der Waals surface area contributed by atoms with E-state index < -0.39 is 17.6 Å². The third kappa shape index (κ3) is 7.08. The molecule has 218 valence electrons. The number of aryl methyl sites for hydroxylation is 1. The molecule has 12 heteroatoms. The quantitative estimate of drug-likeness (QED) is 0.199. The molecule has 1 aliphatic carbocycles. The Labute approximate surface area is 236 Å². The number of nitrogens with one attached hydrogen (secondary N) is 2. The molecule has 0 spiro atoms. The summed E-state index contributed by atoms with van der Waals surface area (Å²) in [6, 6.07) is 8.63. The Morgan fingerprint density at radius 2 is 1.88 bits per heavy atom. The van der Waals surface area contributed by atoms with Gasteiger partial charge in [-0.2, -0.15) is 13.2 Å². The maximum Gasteiger partial charge on any atom is 0.416 e. The van der Waals surface area contributed by atoms with Crippen molar-refractivity contribution in [2.45, 2.75) is 44.9 Å². The third-order valence-electron chi connectivity index (χ3n) is 6.94. The second-order valence-electron chi connectivity index (χ2n) is 9.78. The van der Waals surface area contributed by atoms with Crippen molar-refractivity contribution >= 4 is 23.0 Å². The Hall–Kier alpha value is -4.29. The van der Waals surface area contributed by atoms with Crippen molar-refractivity contribution in [2.75, 3.05) is 24.5 Å². The predicted molar refractivity (Wildman–Crippen MR) is 151 cm³/mol. The van der Waals surface area contributed by atoms with E-state index in [4.69, 9.17) is 21.1 Å². The van der Waals surface area contributed by atoms with E-state index in [1.165, 1.54) is 37.7 Å². The number of halogens is 3. The number of rotatable bonds is 10. The molecule has 0 unspecified atom stereocenters. The van der Waals surface area contributed by atoms with Crippen molar-refractivity contribution in [1.82, 2.24) is 10.3 Å². The molecule has 1 amide bonds. The Balaban J connectivity index is 1.61. The molecule has 0 bridgehead atoms. The lowest BCUT2D eigenvalue weighted by atomic mass is 9.93. The number of carbonyl (C=O) groups is 1. The van der Waals surface area contributed by atoms with Crippen LogP contribution in [0.1, 0.15) is 51.9 Å². The van der Waals surface area contributed by atoms with E-state index in [2.05, 4.69) is 15.6 Å². The normalized spacial score (nSPS) is 13.9. The Morgan fingerprint density at radius 3 is 2.51 bits per heavy atom. The first-order chi connectivity index (χ1) is 19.5. The van der Waals surface area contributed by atoms with Gasteiger partial charge in [-0.05, 0) is 55.7 Å². The summed E-state index contributed by atoms with van der Waals surface area (Å²) in [6.45, 7) is 1.97. The number of alkyl halides is 3. The summed E-state index contributed by atoms with van der Waals surface area (Å²) in [5.74, 6) is 6.32. The Morgan fingerprint density at radius 1 is 1.12 bits per heavy atom. The number of carbonyl (C=O) groups excluding carboxylic acids is 1. The maximum absolute atomic E-state index is 13.8. The van der Waals surface area contributed by atoms with Crippen LogP contribution >= 0.6 is 0 Å². The van der Waals surface area contributed by atoms with Crippen molar-refractivity contribution < 1.29 is 27.4 Å². The van der Waals surface area contributed by atoms with Crippen LogP contribution in [0.4, 0.5) is 24.5 Å². The second-order valence-corrected chi connectivity index (χ2v) is 9.78. The lowest BCUT2D eigenvalue weighted by Crippen LogP contribution is -2.34. The molecule has 0 radical (unpaired) electrons. The second kappa shape index (κ2) is 12.5. The largest absolute Gasteiger partial charge is 0.495 e. The molecule has 41 heavy (non-hydrogen) atoms. The van der Waals surface area contributed by atoms with E-state index in [0.29, 0.717) is 28.3 Å². The summed E-state index contributed by atoms with van der Waals surface area (Å²) in [5.41, 5.74) is 7.78. The molecule has 1 aliphatic rings. The zero-order valence-corrected chi connectivity index (χ0v) is 23.0. The fraction of sp³-hybridized carbons (Fsp3) is 0.310. The summed E-state index contributed by atoms with van der Waals surface area (Å²) >= 11 is 0. The number of nitrogens with zero attached hydrogens (tertiary/aromatic N) is 2. The van der Waals surface area contributed by atoms with Crippen molar-refractivity contribution in [3.8, 4) is 11.5 Å². The van der Waals surface area contributed by atoms with Crippen molar-refractivity contribution in [3.63, 3.8) is 0 Å². The van der Waals surface area contributed by atoms with Crippen molar-refractivity contribution in [2.24, 2.45) is 11.6 Å². The number of methoxy groups -OCH3 is 2. The van der Waals surface area contributed by atoms with Crippen LogP contribution in [0.2, 0.25) is 0 Å². The predicted octanol–water partition coefficient (Wildman–Crippen LogP) is 4.96. The molecule has 0 atom stereocenters. The molecule has 2 aromatic carbocycles. The van der Waals surface area contributed by atoms with Crippen LogP contribution in [0.15, 0.2) is 55.0 Å². The topological polar surface area (TPSA) is 128 Å². The van der Waals surface area contributed by atoms with Gasteiger partial charge in [0.05, 0.1) is 43.1 Å². The Kier molecular flexibility index (Phi) is 9.04. The van der Waals surface area contributed by atoms with Crippen LogP contribution in [-0.2, 0) is 12.7 Å². The van der Waals surface area contributed by atoms with Gasteiger partial charge in [-0.3, -0.25) is 14.8 Å². The van der Waals surface area contributed by atoms with Crippen LogP contribution in [0, 0.1) is 6.92 Å². The van der Waals surface area contributed by atoms with Gasteiger partial charge >= 0.3 is 6.18 Å². The SMILES string of the molecule is COc1cncc(/C(N)=C/N(N)c2cc(C(=O)Nc3cc(C(F)(F)F)cc(CNC4CCC4)c3OC)ccc2C)c1. The Bertz CT molecular complexity index is 1440. The van der Waals surface area contributed by atoms with E-state index in [0.717, 1.165) is 37.0 Å². The smallest absolute Gasteiger partial charge is 0.416 e. The monoisotopic (exact) mass is 570 g/mol. The van der Waals surface area contributed by atoms with Gasteiger partial charge in [0.2, 0.25) is 0 Å². The zero-order chi connectivity index (χ0) is 29.7. The molecule has 1 heterocycles. The third-order valence-corrected chi connectivity index (χ3v) is 6.94. The molecule has 9 nitrogen and oxygen atoms in total. The molecule has 6 N–H and O–H groups in total. The number of anilines is 2. The number of pyridine rings is 1. The van der Waals surface area contributed by atoms with E-state index in [1.54, 1.807) is 31.3 Å². The van der Waals surface area contributed by atoms with Crippen LogP contribution in [-0.4, -0.2) is 31.2 Å². The first-order valence-electron chi connectivity index (χ1n) is 12.9. The van der Waals surface area contributed by atoms with Gasteiger partial charge in [-0.15, -0.1) is 0 Å². The molecule has 1 fully saturated rings. The fourth-order valence-electron chi connectivity index (χ4n) is 4.39. The molecule has 0 saturated heterocycles. The standard InChI is InChI=1S/C29H33F3N6O3/c1-17-7-8-18(11-26(17)38(34)16-24(33)19-10-23(40-2)15-35-13-19)28(39)37-25-12-21(29(30,31)32)9-20(27(25)41-3)14-36-22-5-4-6-22/h7-13,15-16,22,36H,4-6,14,33-34H2,1-3H3,(H,37,39)/b24-16-. The van der Waals surface area contributed by atoms with E-state index in [-0.39, 0.29) is 29.6 Å². The number of benzene rings is 2. The number of hydrazine groups is 1. The highest BCUT2D eigenvalue weighted by Gasteiger charge is 2.33. The minimum Gasteiger partial charge on any atom is -0.495 e. The molecule has 1 saturated carbocycles. The molecule has 1 aromatic heterocycles. The summed E-state index contributed by atoms with van der Waals surface area (Å²) in [6.07, 6.45) is 2.97. The minimum atomic E-state index is -4.61. The summed E-state index contributed by atoms with van der Waals surface area (Å²) < 4.78 is 51.9. The molecule has 3 aromatic rings. The summed E-state index contributed by atoms with van der Waals surface area (Å²) in [4.78, 5) is 17.4. The summed E-state index contributed by atoms with van der Waals surface area (Å²) in [7, 11) is 2.87. The first kappa shape index (κ1) is 29.7. The van der Waals surface area contributed by atoms with Gasteiger partial charge in [0, 0.05) is 41.7 Å². The van der Waals surface area contributed by atoms with Gasteiger partial charge in [0.15, 0.2) is 0 Å². The van der Waals surface area contributed by atoms with Gasteiger partial charge in [0.1, 0.15) is 11.5 Å². The first-order valence-corrected chi connectivity index (χ1v) is 12.9. The highest BCUT2D eigenvalue weighted by molar-refractivity contribution is 6.06. The lowest BCUT2D eigenvalue weighted by molar-refractivity contribution is -0.137.